The molecule has 1 saturated carbocycles. The summed E-state index contributed by atoms with van der Waals surface area (Å²) < 4.78 is 3.22. The van der Waals surface area contributed by atoms with E-state index in [2.05, 4.69) is 39.3 Å². The first-order valence-electron chi connectivity index (χ1n) is 7.13. The van der Waals surface area contributed by atoms with Gasteiger partial charge in [-0.15, -0.1) is 0 Å². The summed E-state index contributed by atoms with van der Waals surface area (Å²) >= 11 is 2.30. The van der Waals surface area contributed by atoms with Crippen molar-refractivity contribution in [1.29, 1.82) is 0 Å². The molecule has 1 aromatic rings. The van der Waals surface area contributed by atoms with E-state index >= 15 is 0 Å². The first-order chi connectivity index (χ1) is 8.63. The van der Waals surface area contributed by atoms with Crippen LogP contribution in [0.4, 0.5) is 5.82 Å². The lowest BCUT2D eigenvalue weighted by Crippen LogP contribution is -2.13. The van der Waals surface area contributed by atoms with Gasteiger partial charge in [0.25, 0.3) is 0 Å². The standard InChI is InChI=1S/C14H24IN3/c1-3-5-11-6-4-7-12(9-8-11)18-14(16)13(15)10(2)17-18/h11-12H,3-9,16H2,1-2H3. The minimum Gasteiger partial charge on any atom is -0.383 e. The van der Waals surface area contributed by atoms with E-state index < -0.39 is 0 Å². The van der Waals surface area contributed by atoms with E-state index in [-0.39, 0.29) is 0 Å². The van der Waals surface area contributed by atoms with Crippen LogP contribution in [-0.2, 0) is 0 Å². The SMILES string of the molecule is CCCC1CCCC(n2nc(C)c(I)c2N)CC1. The van der Waals surface area contributed by atoms with Crippen molar-refractivity contribution in [2.45, 2.75) is 64.8 Å². The van der Waals surface area contributed by atoms with Crippen molar-refractivity contribution < 1.29 is 0 Å². The molecule has 1 aromatic heterocycles. The van der Waals surface area contributed by atoms with E-state index in [0.717, 1.165) is 21.0 Å². The number of aromatic nitrogens is 2. The van der Waals surface area contributed by atoms with E-state index in [1.54, 1.807) is 0 Å². The van der Waals surface area contributed by atoms with Gasteiger partial charge in [-0.3, -0.25) is 0 Å². The molecule has 0 spiro atoms. The van der Waals surface area contributed by atoms with Gasteiger partial charge in [0.15, 0.2) is 0 Å². The second kappa shape index (κ2) is 6.26. The molecule has 2 unspecified atom stereocenters. The highest BCUT2D eigenvalue weighted by molar-refractivity contribution is 14.1. The van der Waals surface area contributed by atoms with Gasteiger partial charge in [0.2, 0.25) is 0 Å². The maximum Gasteiger partial charge on any atom is 0.135 e. The van der Waals surface area contributed by atoms with Crippen LogP contribution in [-0.4, -0.2) is 9.78 Å². The molecule has 0 saturated heterocycles. The van der Waals surface area contributed by atoms with Crippen LogP contribution in [0.1, 0.15) is 63.6 Å². The minimum absolute atomic E-state index is 0.522. The van der Waals surface area contributed by atoms with Crippen LogP contribution >= 0.6 is 22.6 Å². The Morgan fingerprint density at radius 2 is 2.11 bits per heavy atom. The molecule has 0 amide bonds. The van der Waals surface area contributed by atoms with Crippen LogP contribution in [0.2, 0.25) is 0 Å². The molecule has 2 N–H and O–H groups in total. The summed E-state index contributed by atoms with van der Waals surface area (Å²) in [6, 6.07) is 0.522. The molecule has 1 aliphatic rings. The number of hydrogen-bond acceptors (Lipinski definition) is 2. The second-order valence-corrected chi connectivity index (χ2v) is 6.62. The zero-order valence-corrected chi connectivity index (χ0v) is 13.6. The highest BCUT2D eigenvalue weighted by atomic mass is 127. The molecule has 1 fully saturated rings. The summed E-state index contributed by atoms with van der Waals surface area (Å²) in [6.07, 6.45) is 9.24. The van der Waals surface area contributed by atoms with Crippen molar-refractivity contribution in [3.8, 4) is 0 Å². The number of rotatable bonds is 3. The third-order valence-electron chi connectivity index (χ3n) is 4.15. The Labute approximate surface area is 124 Å². The topological polar surface area (TPSA) is 43.8 Å². The summed E-state index contributed by atoms with van der Waals surface area (Å²) in [7, 11) is 0. The highest BCUT2D eigenvalue weighted by Crippen LogP contribution is 2.34. The van der Waals surface area contributed by atoms with Gasteiger partial charge in [-0.25, -0.2) is 4.68 Å². The van der Waals surface area contributed by atoms with E-state index in [4.69, 9.17) is 5.73 Å². The first-order valence-corrected chi connectivity index (χ1v) is 8.21. The molecule has 4 heteroatoms. The zero-order chi connectivity index (χ0) is 13.1. The Balaban J connectivity index is 2.07. The maximum atomic E-state index is 6.17. The molecule has 0 aromatic carbocycles. The molecule has 0 bridgehead atoms. The number of nitrogen functional groups attached to an aromatic ring is 1. The highest BCUT2D eigenvalue weighted by Gasteiger charge is 2.23. The van der Waals surface area contributed by atoms with Gasteiger partial charge in [-0.2, -0.15) is 5.10 Å². The maximum absolute atomic E-state index is 6.17. The molecule has 1 aliphatic carbocycles. The molecule has 3 nitrogen and oxygen atoms in total. The fourth-order valence-corrected chi connectivity index (χ4v) is 3.48. The minimum atomic E-state index is 0.522. The molecule has 1 heterocycles. The average molecular weight is 361 g/mol. The Bertz CT molecular complexity index is 400. The predicted molar refractivity (Wildman–Crippen MR) is 84.6 cm³/mol. The summed E-state index contributed by atoms with van der Waals surface area (Å²) in [5.41, 5.74) is 7.24. The van der Waals surface area contributed by atoms with Crippen LogP contribution in [0.25, 0.3) is 0 Å². The van der Waals surface area contributed by atoms with Crippen molar-refractivity contribution in [2.75, 3.05) is 5.73 Å². The molecule has 0 aliphatic heterocycles. The molecular weight excluding hydrogens is 337 g/mol. The Morgan fingerprint density at radius 3 is 2.72 bits per heavy atom. The van der Waals surface area contributed by atoms with Crippen LogP contribution in [0, 0.1) is 16.4 Å². The summed E-state index contributed by atoms with van der Waals surface area (Å²) in [5, 5.41) is 4.63. The Hall–Kier alpha value is -0.260. The fourth-order valence-electron chi connectivity index (χ4n) is 3.12. The van der Waals surface area contributed by atoms with Crippen molar-refractivity contribution in [2.24, 2.45) is 5.92 Å². The van der Waals surface area contributed by atoms with Gasteiger partial charge in [0, 0.05) is 0 Å². The average Bonchev–Trinajstić information content (AvgIpc) is 2.58. The molecule has 2 atom stereocenters. The summed E-state index contributed by atoms with van der Waals surface area (Å²) in [6.45, 7) is 4.34. The van der Waals surface area contributed by atoms with Gasteiger partial charge in [0.1, 0.15) is 5.82 Å². The predicted octanol–water partition coefficient (Wildman–Crippen LogP) is 4.30. The van der Waals surface area contributed by atoms with E-state index in [0.29, 0.717) is 6.04 Å². The third-order valence-corrected chi connectivity index (χ3v) is 5.48. The quantitative estimate of drug-likeness (QED) is 0.644. The number of anilines is 1. The second-order valence-electron chi connectivity index (χ2n) is 5.55. The van der Waals surface area contributed by atoms with Crippen molar-refractivity contribution in [1.82, 2.24) is 9.78 Å². The summed E-state index contributed by atoms with van der Waals surface area (Å²) in [4.78, 5) is 0. The number of nitrogens with zero attached hydrogens (tertiary/aromatic N) is 2. The molecule has 0 radical (unpaired) electrons. The summed E-state index contributed by atoms with van der Waals surface area (Å²) in [5.74, 6) is 1.80. The Kier molecular flexibility index (Phi) is 4.92. The number of hydrogen-bond donors (Lipinski definition) is 1. The van der Waals surface area contributed by atoms with Gasteiger partial charge in [-0.05, 0) is 54.7 Å². The van der Waals surface area contributed by atoms with E-state index in [1.807, 2.05) is 6.92 Å². The first kappa shape index (κ1) is 14.2. The third kappa shape index (κ3) is 3.00. The van der Waals surface area contributed by atoms with Crippen molar-refractivity contribution in [3.05, 3.63) is 9.26 Å². The smallest absolute Gasteiger partial charge is 0.135 e. The van der Waals surface area contributed by atoms with Gasteiger partial charge in [0.05, 0.1) is 15.3 Å². The van der Waals surface area contributed by atoms with Gasteiger partial charge >= 0.3 is 0 Å². The van der Waals surface area contributed by atoms with Crippen LogP contribution in [0.3, 0.4) is 0 Å². The largest absolute Gasteiger partial charge is 0.383 e. The monoisotopic (exact) mass is 361 g/mol. The van der Waals surface area contributed by atoms with Crippen molar-refractivity contribution in [3.63, 3.8) is 0 Å². The lowest BCUT2D eigenvalue weighted by Gasteiger charge is -2.17. The van der Waals surface area contributed by atoms with Crippen molar-refractivity contribution >= 4 is 28.4 Å². The lowest BCUT2D eigenvalue weighted by atomic mass is 9.95. The lowest BCUT2D eigenvalue weighted by molar-refractivity contribution is 0.387. The number of halogens is 1. The zero-order valence-electron chi connectivity index (χ0n) is 11.5. The van der Waals surface area contributed by atoms with Gasteiger partial charge < -0.3 is 5.73 Å². The Morgan fingerprint density at radius 1 is 1.33 bits per heavy atom. The van der Waals surface area contributed by atoms with Crippen LogP contribution in [0.5, 0.6) is 0 Å². The number of aryl methyl sites for hydroxylation is 1. The van der Waals surface area contributed by atoms with Gasteiger partial charge in [-0.1, -0.05) is 32.6 Å². The molecule has 18 heavy (non-hydrogen) atoms. The molecular formula is C14H24IN3. The van der Waals surface area contributed by atoms with Crippen LogP contribution < -0.4 is 5.73 Å². The van der Waals surface area contributed by atoms with E-state index in [1.165, 1.54) is 44.9 Å². The molecule has 102 valence electrons. The fraction of sp³-hybridized carbons (Fsp3) is 0.786. The number of nitrogens with two attached hydrogens (primary N) is 1. The van der Waals surface area contributed by atoms with E-state index in [9.17, 15) is 0 Å². The van der Waals surface area contributed by atoms with Crippen LogP contribution in [0.15, 0.2) is 0 Å². The normalized spacial score (nSPS) is 25.1. The molecule has 2 rings (SSSR count).